The second-order valence-electron chi connectivity index (χ2n) is 7.36. The van der Waals surface area contributed by atoms with Gasteiger partial charge in [-0.2, -0.15) is 10.1 Å². The number of nitrogens with zero attached hydrogens (tertiary/aromatic N) is 3. The minimum atomic E-state index is -2.94. The normalized spacial score (nSPS) is 19.6. The minimum Gasteiger partial charge on any atom is -0.349 e. The summed E-state index contributed by atoms with van der Waals surface area (Å²) in [4.78, 5) is 4.36. The van der Waals surface area contributed by atoms with Crippen LogP contribution in [0.4, 0.5) is 17.5 Å². The summed E-state index contributed by atoms with van der Waals surface area (Å²) >= 11 is 0. The Morgan fingerprint density at radius 1 is 1.16 bits per heavy atom. The van der Waals surface area contributed by atoms with Gasteiger partial charge in [0.05, 0.1) is 17.7 Å². The van der Waals surface area contributed by atoms with Crippen LogP contribution in [0.3, 0.4) is 0 Å². The monoisotopic (exact) mass is 361 g/mol. The van der Waals surface area contributed by atoms with Crippen molar-refractivity contribution < 1.29 is 8.42 Å². The van der Waals surface area contributed by atoms with Crippen molar-refractivity contribution in [2.75, 3.05) is 22.1 Å². The third kappa shape index (κ3) is 4.66. The largest absolute Gasteiger partial charge is 0.349 e. The van der Waals surface area contributed by atoms with E-state index in [1.54, 1.807) is 0 Å². The van der Waals surface area contributed by atoms with Gasteiger partial charge in [-0.3, -0.25) is 0 Å². The van der Waals surface area contributed by atoms with E-state index in [9.17, 15) is 8.42 Å². The molecule has 1 aromatic carbocycles. The third-order valence-electron chi connectivity index (χ3n) is 4.15. The van der Waals surface area contributed by atoms with Crippen LogP contribution < -0.4 is 10.6 Å². The highest BCUT2D eigenvalue weighted by molar-refractivity contribution is 7.91. The molecule has 2 N–H and O–H groups in total. The fourth-order valence-electron chi connectivity index (χ4n) is 2.72. The summed E-state index contributed by atoms with van der Waals surface area (Å²) in [5, 5.41) is 14.1. The number of anilines is 3. The van der Waals surface area contributed by atoms with Crippen molar-refractivity contribution in [3.8, 4) is 0 Å². The van der Waals surface area contributed by atoms with Crippen LogP contribution in [0, 0.1) is 0 Å². The molecular formula is C17H23N5O2S. The Hall–Kier alpha value is -2.22. The van der Waals surface area contributed by atoms with E-state index >= 15 is 0 Å². The zero-order valence-electron chi connectivity index (χ0n) is 14.7. The van der Waals surface area contributed by atoms with E-state index in [1.165, 1.54) is 11.8 Å². The predicted molar refractivity (Wildman–Crippen MR) is 98.9 cm³/mol. The molecule has 1 saturated heterocycles. The smallest absolute Gasteiger partial charge is 0.244 e. The molecule has 0 saturated carbocycles. The standard InChI is InChI=1S/C17H23N5O2S/c1-17(2,3)12-4-6-13(7-5-12)19-15-10-18-22-16(21-15)20-14-8-9-25(23,24)11-14/h4-7,10,14H,8-9,11H2,1-3H3,(H2,19,20,21,22). The van der Waals surface area contributed by atoms with Gasteiger partial charge in [0, 0.05) is 11.7 Å². The highest BCUT2D eigenvalue weighted by Gasteiger charge is 2.28. The molecule has 0 radical (unpaired) electrons. The molecule has 134 valence electrons. The maximum absolute atomic E-state index is 11.5. The molecule has 25 heavy (non-hydrogen) atoms. The summed E-state index contributed by atoms with van der Waals surface area (Å²) in [7, 11) is -2.94. The molecule has 0 spiro atoms. The van der Waals surface area contributed by atoms with Crippen LogP contribution in [-0.2, 0) is 15.3 Å². The SMILES string of the molecule is CC(C)(C)c1ccc(Nc2cnnc(NC3CCS(=O)(=O)C3)n2)cc1. The topological polar surface area (TPSA) is 96.9 Å². The van der Waals surface area contributed by atoms with Crippen molar-refractivity contribution in [2.24, 2.45) is 0 Å². The van der Waals surface area contributed by atoms with E-state index in [0.717, 1.165) is 5.69 Å². The lowest BCUT2D eigenvalue weighted by atomic mass is 9.87. The van der Waals surface area contributed by atoms with Gasteiger partial charge in [-0.1, -0.05) is 32.9 Å². The molecule has 1 aliphatic heterocycles. The number of benzene rings is 1. The number of sulfone groups is 1. The lowest BCUT2D eigenvalue weighted by molar-refractivity contribution is 0.590. The molecule has 7 nitrogen and oxygen atoms in total. The molecular weight excluding hydrogens is 338 g/mol. The zero-order chi connectivity index (χ0) is 18.1. The molecule has 8 heteroatoms. The third-order valence-corrected chi connectivity index (χ3v) is 5.92. The van der Waals surface area contributed by atoms with Crippen molar-refractivity contribution >= 4 is 27.3 Å². The molecule has 1 aliphatic rings. The minimum absolute atomic E-state index is 0.105. The van der Waals surface area contributed by atoms with E-state index in [4.69, 9.17) is 0 Å². The molecule has 3 rings (SSSR count). The molecule has 0 aliphatic carbocycles. The molecule has 0 amide bonds. The molecule has 1 fully saturated rings. The highest BCUT2D eigenvalue weighted by atomic mass is 32.2. The fraction of sp³-hybridized carbons (Fsp3) is 0.471. The summed E-state index contributed by atoms with van der Waals surface area (Å²) in [5.74, 6) is 1.21. The Morgan fingerprint density at radius 2 is 1.88 bits per heavy atom. The van der Waals surface area contributed by atoms with Crippen LogP contribution in [0.2, 0.25) is 0 Å². The number of aromatic nitrogens is 3. The first-order valence-corrected chi connectivity index (χ1v) is 10.1. The Kier molecular flexibility index (Phi) is 4.64. The molecule has 2 aromatic rings. The van der Waals surface area contributed by atoms with Crippen molar-refractivity contribution in [1.29, 1.82) is 0 Å². The quantitative estimate of drug-likeness (QED) is 0.863. The lowest BCUT2D eigenvalue weighted by Crippen LogP contribution is -2.22. The number of hydrogen-bond acceptors (Lipinski definition) is 7. The van der Waals surface area contributed by atoms with Gasteiger partial charge < -0.3 is 10.6 Å². The van der Waals surface area contributed by atoms with Crippen LogP contribution in [0.25, 0.3) is 0 Å². The van der Waals surface area contributed by atoms with E-state index in [0.29, 0.717) is 18.2 Å². The van der Waals surface area contributed by atoms with Crippen molar-refractivity contribution in [3.63, 3.8) is 0 Å². The predicted octanol–water partition coefficient (Wildman–Crippen LogP) is 2.51. The van der Waals surface area contributed by atoms with Crippen LogP contribution in [0.15, 0.2) is 30.5 Å². The second kappa shape index (κ2) is 6.59. The summed E-state index contributed by atoms with van der Waals surface area (Å²) in [6, 6.07) is 8.01. The summed E-state index contributed by atoms with van der Waals surface area (Å²) in [6.45, 7) is 6.51. The first kappa shape index (κ1) is 17.6. The molecule has 1 aromatic heterocycles. The highest BCUT2D eigenvalue weighted by Crippen LogP contribution is 2.24. The van der Waals surface area contributed by atoms with Crippen LogP contribution in [0.5, 0.6) is 0 Å². The Morgan fingerprint density at radius 3 is 2.48 bits per heavy atom. The maximum atomic E-state index is 11.5. The van der Waals surface area contributed by atoms with Crippen LogP contribution in [-0.4, -0.2) is 41.1 Å². The van der Waals surface area contributed by atoms with Gasteiger partial charge in [0.2, 0.25) is 5.95 Å². The molecule has 2 heterocycles. The van der Waals surface area contributed by atoms with Crippen molar-refractivity contribution in [2.45, 2.75) is 38.6 Å². The Labute approximate surface area is 148 Å². The summed E-state index contributed by atoms with van der Waals surface area (Å²) in [5.41, 5.74) is 2.26. The molecule has 1 unspecified atom stereocenters. The average Bonchev–Trinajstić information content (AvgIpc) is 2.86. The molecule has 0 bridgehead atoms. The van der Waals surface area contributed by atoms with E-state index in [1.807, 2.05) is 12.1 Å². The Bertz CT molecular complexity index is 844. The number of rotatable bonds is 4. The van der Waals surface area contributed by atoms with Gasteiger partial charge in [-0.15, -0.1) is 5.10 Å². The van der Waals surface area contributed by atoms with E-state index in [2.05, 4.69) is 58.7 Å². The first-order valence-electron chi connectivity index (χ1n) is 8.25. The van der Waals surface area contributed by atoms with Gasteiger partial charge in [0.25, 0.3) is 0 Å². The fourth-order valence-corrected chi connectivity index (χ4v) is 4.39. The summed E-state index contributed by atoms with van der Waals surface area (Å²) < 4.78 is 23.1. The Balaban J connectivity index is 1.67. The van der Waals surface area contributed by atoms with Crippen LogP contribution in [0.1, 0.15) is 32.8 Å². The van der Waals surface area contributed by atoms with E-state index < -0.39 is 9.84 Å². The van der Waals surface area contributed by atoms with Gasteiger partial charge in [0.15, 0.2) is 15.7 Å². The summed E-state index contributed by atoms with van der Waals surface area (Å²) in [6.07, 6.45) is 2.10. The lowest BCUT2D eigenvalue weighted by Gasteiger charge is -2.19. The number of nitrogens with one attached hydrogen (secondary N) is 2. The van der Waals surface area contributed by atoms with Crippen molar-refractivity contribution in [3.05, 3.63) is 36.0 Å². The molecule has 1 atom stereocenters. The van der Waals surface area contributed by atoms with Gasteiger partial charge in [-0.25, -0.2) is 8.42 Å². The second-order valence-corrected chi connectivity index (χ2v) is 9.59. The first-order chi connectivity index (χ1) is 11.7. The van der Waals surface area contributed by atoms with Gasteiger partial charge in [-0.05, 0) is 29.5 Å². The van der Waals surface area contributed by atoms with Gasteiger partial charge in [0.1, 0.15) is 0 Å². The zero-order valence-corrected chi connectivity index (χ0v) is 15.5. The number of hydrogen-bond donors (Lipinski definition) is 2. The van der Waals surface area contributed by atoms with Crippen molar-refractivity contribution in [1.82, 2.24) is 15.2 Å². The van der Waals surface area contributed by atoms with Crippen LogP contribution >= 0.6 is 0 Å². The maximum Gasteiger partial charge on any atom is 0.244 e. The van der Waals surface area contributed by atoms with Gasteiger partial charge >= 0.3 is 0 Å². The average molecular weight is 361 g/mol. The van der Waals surface area contributed by atoms with E-state index in [-0.39, 0.29) is 23.0 Å².